The molecule has 1 aliphatic carbocycles. The minimum Gasteiger partial charge on any atom is -0.459 e. The van der Waals surface area contributed by atoms with Crippen molar-refractivity contribution < 1.29 is 23.9 Å². The molecule has 2 heterocycles. The zero-order chi connectivity index (χ0) is 21.0. The Kier molecular flexibility index (Phi) is 6.64. The van der Waals surface area contributed by atoms with Gasteiger partial charge >= 0.3 is 11.9 Å². The molecule has 0 aromatic carbocycles. The number of fused-ring (bicyclic) bond motifs is 1. The molecule has 0 fully saturated rings. The van der Waals surface area contributed by atoms with E-state index in [4.69, 9.17) is 9.47 Å². The summed E-state index contributed by atoms with van der Waals surface area (Å²) in [6, 6.07) is 4.85. The number of rotatable bonds is 6. The molecule has 154 valence electrons. The van der Waals surface area contributed by atoms with Gasteiger partial charge in [-0.15, -0.1) is 11.3 Å². The number of nitrogens with one attached hydrogen (secondary N) is 1. The highest BCUT2D eigenvalue weighted by atomic mass is 32.1. The number of hydrogen-bond donors (Lipinski definition) is 1. The van der Waals surface area contributed by atoms with Crippen molar-refractivity contribution in [3.63, 3.8) is 0 Å². The zero-order valence-electron chi connectivity index (χ0n) is 16.7. The first kappa shape index (κ1) is 21.0. The molecule has 0 aliphatic heterocycles. The SMILES string of the molecule is CC(C)OC(=O)c1c(NC(=O)COC(=O)c2ccccn2)sc2c1CC[C@H](C)C2. The molecule has 7 nitrogen and oxygen atoms in total. The third-order valence-corrected chi connectivity index (χ3v) is 5.69. The van der Waals surface area contributed by atoms with Gasteiger partial charge < -0.3 is 14.8 Å². The van der Waals surface area contributed by atoms with Crippen molar-refractivity contribution in [1.29, 1.82) is 0 Å². The smallest absolute Gasteiger partial charge is 0.357 e. The van der Waals surface area contributed by atoms with Crippen LogP contribution in [0.5, 0.6) is 0 Å². The lowest BCUT2D eigenvalue weighted by Crippen LogP contribution is -2.22. The van der Waals surface area contributed by atoms with E-state index in [-0.39, 0.29) is 11.8 Å². The number of aromatic nitrogens is 1. The van der Waals surface area contributed by atoms with E-state index in [1.54, 1.807) is 26.0 Å². The highest BCUT2D eigenvalue weighted by Crippen LogP contribution is 2.40. The molecule has 0 bridgehead atoms. The Balaban J connectivity index is 1.73. The standard InChI is InChI=1S/C21H24N2O5S/c1-12(2)28-21(26)18-14-8-7-13(3)10-16(14)29-19(18)23-17(24)11-27-20(25)15-6-4-5-9-22-15/h4-6,9,12-13H,7-8,10-11H2,1-3H3,(H,23,24)/t13-/m0/s1. The van der Waals surface area contributed by atoms with E-state index in [0.717, 1.165) is 29.7 Å². The van der Waals surface area contributed by atoms with Crippen LogP contribution in [0.15, 0.2) is 24.4 Å². The van der Waals surface area contributed by atoms with Crippen LogP contribution < -0.4 is 5.32 Å². The van der Waals surface area contributed by atoms with E-state index in [1.165, 1.54) is 23.6 Å². The van der Waals surface area contributed by atoms with Crippen molar-refractivity contribution in [2.45, 2.75) is 46.1 Å². The van der Waals surface area contributed by atoms with Crippen LogP contribution in [0.25, 0.3) is 0 Å². The Morgan fingerprint density at radius 2 is 2.07 bits per heavy atom. The van der Waals surface area contributed by atoms with Gasteiger partial charge in [0.1, 0.15) is 10.7 Å². The van der Waals surface area contributed by atoms with Gasteiger partial charge in [0.15, 0.2) is 6.61 Å². The quantitative estimate of drug-likeness (QED) is 0.723. The van der Waals surface area contributed by atoms with Crippen molar-refractivity contribution in [2.75, 3.05) is 11.9 Å². The van der Waals surface area contributed by atoms with Crippen LogP contribution in [0, 0.1) is 5.92 Å². The molecule has 0 saturated heterocycles. The molecule has 3 rings (SSSR count). The normalized spacial score (nSPS) is 15.5. The second-order valence-corrected chi connectivity index (χ2v) is 8.45. The number of thiophene rings is 1. The topological polar surface area (TPSA) is 94.6 Å². The van der Waals surface area contributed by atoms with Crippen LogP contribution in [0.3, 0.4) is 0 Å². The summed E-state index contributed by atoms with van der Waals surface area (Å²) in [6.45, 7) is 5.28. The van der Waals surface area contributed by atoms with Gasteiger partial charge in [-0.1, -0.05) is 13.0 Å². The van der Waals surface area contributed by atoms with Gasteiger partial charge in [-0.2, -0.15) is 0 Å². The molecule has 0 radical (unpaired) electrons. The van der Waals surface area contributed by atoms with E-state index >= 15 is 0 Å². The zero-order valence-corrected chi connectivity index (χ0v) is 17.5. The maximum absolute atomic E-state index is 12.7. The largest absolute Gasteiger partial charge is 0.459 e. The summed E-state index contributed by atoms with van der Waals surface area (Å²) in [4.78, 5) is 42.0. The van der Waals surface area contributed by atoms with Crippen LogP contribution in [0.2, 0.25) is 0 Å². The number of anilines is 1. The first-order valence-electron chi connectivity index (χ1n) is 9.58. The van der Waals surface area contributed by atoms with Crippen molar-refractivity contribution in [3.05, 3.63) is 46.1 Å². The Bertz CT molecular complexity index is 907. The van der Waals surface area contributed by atoms with Crippen molar-refractivity contribution in [2.24, 2.45) is 5.92 Å². The van der Waals surface area contributed by atoms with E-state index in [0.29, 0.717) is 16.5 Å². The van der Waals surface area contributed by atoms with Gasteiger partial charge in [0.25, 0.3) is 5.91 Å². The van der Waals surface area contributed by atoms with Crippen LogP contribution in [0.4, 0.5) is 5.00 Å². The van der Waals surface area contributed by atoms with E-state index < -0.39 is 24.5 Å². The van der Waals surface area contributed by atoms with E-state index in [2.05, 4.69) is 17.2 Å². The molecular formula is C21H24N2O5S. The van der Waals surface area contributed by atoms with Gasteiger partial charge in [0, 0.05) is 11.1 Å². The lowest BCUT2D eigenvalue weighted by atomic mass is 9.88. The van der Waals surface area contributed by atoms with Gasteiger partial charge in [-0.3, -0.25) is 4.79 Å². The average molecular weight is 416 g/mol. The number of carbonyl (C=O) groups excluding carboxylic acids is 3. The summed E-state index contributed by atoms with van der Waals surface area (Å²) >= 11 is 1.39. The predicted octanol–water partition coefficient (Wildman–Crippen LogP) is 3.63. The van der Waals surface area contributed by atoms with Crippen molar-refractivity contribution in [1.82, 2.24) is 4.98 Å². The summed E-state index contributed by atoms with van der Waals surface area (Å²) in [5.41, 5.74) is 1.51. The van der Waals surface area contributed by atoms with Crippen molar-refractivity contribution >= 4 is 34.2 Å². The summed E-state index contributed by atoms with van der Waals surface area (Å²) in [5.74, 6) is -1.11. The Hall–Kier alpha value is -2.74. The molecule has 0 spiro atoms. The first-order chi connectivity index (χ1) is 13.8. The minimum atomic E-state index is -0.681. The summed E-state index contributed by atoms with van der Waals surface area (Å²) in [7, 11) is 0. The molecule has 1 N–H and O–H groups in total. The van der Waals surface area contributed by atoms with Gasteiger partial charge in [-0.25, -0.2) is 14.6 Å². The number of hydrogen-bond acceptors (Lipinski definition) is 7. The number of amides is 1. The lowest BCUT2D eigenvalue weighted by molar-refractivity contribution is -0.119. The van der Waals surface area contributed by atoms with Crippen molar-refractivity contribution in [3.8, 4) is 0 Å². The fourth-order valence-corrected chi connectivity index (χ4v) is 4.59. The molecule has 2 aromatic rings. The number of esters is 2. The molecule has 1 atom stereocenters. The van der Waals surface area contributed by atoms with E-state index in [9.17, 15) is 14.4 Å². The summed E-state index contributed by atoms with van der Waals surface area (Å²) in [6.07, 6.45) is 3.84. The lowest BCUT2D eigenvalue weighted by Gasteiger charge is -2.18. The third kappa shape index (κ3) is 5.20. The van der Waals surface area contributed by atoms with Crippen LogP contribution in [-0.4, -0.2) is 35.5 Å². The van der Waals surface area contributed by atoms with Crippen LogP contribution >= 0.6 is 11.3 Å². The minimum absolute atomic E-state index is 0.127. The summed E-state index contributed by atoms with van der Waals surface area (Å²) < 4.78 is 10.4. The molecule has 1 amide bonds. The van der Waals surface area contributed by atoms with Crippen LogP contribution in [-0.2, 0) is 27.1 Å². The fraction of sp³-hybridized carbons (Fsp3) is 0.429. The number of nitrogens with zero attached hydrogens (tertiary/aromatic N) is 1. The van der Waals surface area contributed by atoms with Gasteiger partial charge in [-0.05, 0) is 56.7 Å². The maximum atomic E-state index is 12.7. The third-order valence-electron chi connectivity index (χ3n) is 4.52. The first-order valence-corrected chi connectivity index (χ1v) is 10.4. The number of carbonyl (C=O) groups is 3. The fourth-order valence-electron chi connectivity index (χ4n) is 3.18. The molecule has 0 unspecified atom stereocenters. The number of pyridine rings is 1. The summed E-state index contributed by atoms with van der Waals surface area (Å²) in [5, 5.41) is 3.18. The second-order valence-electron chi connectivity index (χ2n) is 7.35. The Labute approximate surface area is 173 Å². The molecule has 1 aliphatic rings. The van der Waals surface area contributed by atoms with E-state index in [1.807, 2.05) is 0 Å². The second kappa shape index (κ2) is 9.17. The average Bonchev–Trinajstić information content (AvgIpc) is 3.03. The van der Waals surface area contributed by atoms with Gasteiger partial charge in [0.2, 0.25) is 0 Å². The predicted molar refractivity (Wildman–Crippen MR) is 109 cm³/mol. The Morgan fingerprint density at radius 1 is 1.28 bits per heavy atom. The highest BCUT2D eigenvalue weighted by molar-refractivity contribution is 7.17. The van der Waals surface area contributed by atoms with Gasteiger partial charge in [0.05, 0.1) is 11.7 Å². The maximum Gasteiger partial charge on any atom is 0.357 e. The molecule has 29 heavy (non-hydrogen) atoms. The molecule has 8 heteroatoms. The monoisotopic (exact) mass is 416 g/mol. The molecule has 0 saturated carbocycles. The highest BCUT2D eigenvalue weighted by Gasteiger charge is 2.29. The Morgan fingerprint density at radius 3 is 2.76 bits per heavy atom. The number of ether oxygens (including phenoxy) is 2. The van der Waals surface area contributed by atoms with Crippen LogP contribution in [0.1, 0.15) is 58.5 Å². The molecular weight excluding hydrogens is 392 g/mol. The molecule has 2 aromatic heterocycles.